The lowest BCUT2D eigenvalue weighted by Crippen LogP contribution is -2.40. The highest BCUT2D eigenvalue weighted by Crippen LogP contribution is 2.36. The highest BCUT2D eigenvalue weighted by Gasteiger charge is 2.25. The van der Waals surface area contributed by atoms with Crippen LogP contribution in [0.2, 0.25) is 0 Å². The fraction of sp³-hybridized carbons (Fsp3) is 0.179. The third-order valence-corrected chi connectivity index (χ3v) is 6.92. The summed E-state index contributed by atoms with van der Waals surface area (Å²) in [7, 11) is 0. The van der Waals surface area contributed by atoms with E-state index in [9.17, 15) is 18.8 Å². The second kappa shape index (κ2) is 8.61. The van der Waals surface area contributed by atoms with E-state index in [0.717, 1.165) is 47.2 Å². The van der Waals surface area contributed by atoms with Gasteiger partial charge in [-0.1, -0.05) is 0 Å². The Kier molecular flexibility index (Phi) is 5.26. The number of fused-ring (bicyclic) bond motifs is 2. The van der Waals surface area contributed by atoms with Crippen molar-refractivity contribution in [2.75, 3.05) is 18.0 Å². The first-order valence-electron chi connectivity index (χ1n) is 11.7. The Balaban J connectivity index is 1.40. The quantitative estimate of drug-likeness (QED) is 0.367. The molecule has 8 heteroatoms. The summed E-state index contributed by atoms with van der Waals surface area (Å²) in [6.07, 6.45) is 3.20. The van der Waals surface area contributed by atoms with E-state index in [-0.39, 0.29) is 22.8 Å². The number of hydrogen-bond acceptors (Lipinski definition) is 4. The Bertz CT molecular complexity index is 1720. The molecule has 1 N–H and O–H groups in total. The van der Waals surface area contributed by atoms with Crippen molar-refractivity contribution in [1.29, 1.82) is 5.26 Å². The first kappa shape index (κ1) is 22.0. The molecular formula is C28H21F2N5O. The fourth-order valence-electron chi connectivity index (χ4n) is 5.13. The summed E-state index contributed by atoms with van der Waals surface area (Å²) in [5.41, 5.74) is 4.02. The number of aromatic amines is 1. The molecule has 6 rings (SSSR count). The molecule has 1 atom stereocenters. The van der Waals surface area contributed by atoms with Crippen molar-refractivity contribution in [1.82, 2.24) is 14.5 Å². The van der Waals surface area contributed by atoms with Gasteiger partial charge in [0, 0.05) is 29.9 Å². The summed E-state index contributed by atoms with van der Waals surface area (Å²) in [4.78, 5) is 23.1. The molecule has 0 spiro atoms. The minimum atomic E-state index is -0.464. The van der Waals surface area contributed by atoms with E-state index >= 15 is 0 Å². The van der Waals surface area contributed by atoms with Crippen LogP contribution in [-0.2, 0) is 0 Å². The lowest BCUT2D eigenvalue weighted by Gasteiger charge is -2.35. The molecule has 1 aliphatic heterocycles. The summed E-state index contributed by atoms with van der Waals surface area (Å²) in [5, 5.41) is 10.8. The molecule has 0 radical (unpaired) electrons. The number of halogens is 2. The fourth-order valence-corrected chi connectivity index (χ4v) is 5.13. The van der Waals surface area contributed by atoms with Crippen LogP contribution in [0.25, 0.3) is 33.1 Å². The van der Waals surface area contributed by atoms with Gasteiger partial charge in [-0.25, -0.2) is 13.8 Å². The smallest absolute Gasteiger partial charge is 0.261 e. The number of hydrogen-bond donors (Lipinski definition) is 1. The van der Waals surface area contributed by atoms with Crippen LogP contribution in [-0.4, -0.2) is 27.6 Å². The van der Waals surface area contributed by atoms with Gasteiger partial charge < -0.3 is 9.88 Å². The number of nitriles is 1. The predicted molar refractivity (Wildman–Crippen MR) is 135 cm³/mol. The van der Waals surface area contributed by atoms with Crippen LogP contribution in [0.5, 0.6) is 0 Å². The van der Waals surface area contributed by atoms with Crippen molar-refractivity contribution in [2.45, 2.75) is 18.9 Å². The van der Waals surface area contributed by atoms with E-state index in [1.165, 1.54) is 30.3 Å². The van der Waals surface area contributed by atoms with Crippen molar-refractivity contribution in [2.24, 2.45) is 0 Å². The Hall–Kier alpha value is -4.51. The summed E-state index contributed by atoms with van der Waals surface area (Å²) < 4.78 is 28.8. The van der Waals surface area contributed by atoms with Gasteiger partial charge >= 0.3 is 0 Å². The number of nitrogens with one attached hydrogen (secondary N) is 1. The normalized spacial score (nSPS) is 15.9. The Morgan fingerprint density at radius 2 is 1.81 bits per heavy atom. The van der Waals surface area contributed by atoms with Crippen molar-refractivity contribution in [3.05, 3.63) is 94.5 Å². The molecule has 3 aromatic carbocycles. The number of H-pyrrole nitrogens is 1. The number of rotatable bonds is 3. The molecule has 36 heavy (non-hydrogen) atoms. The maximum Gasteiger partial charge on any atom is 0.261 e. The van der Waals surface area contributed by atoms with Crippen LogP contribution in [0.4, 0.5) is 14.5 Å². The molecule has 2 aromatic heterocycles. The molecule has 0 saturated carbocycles. The SMILES string of the molecule is N#Cc1ccc(N2CCCC(n3cnc4ccc(F)cc4c3=O)C2)c2cc(-c3ccc(F)cc3)[nH]c12. The lowest BCUT2D eigenvalue weighted by atomic mass is 10.0. The van der Waals surface area contributed by atoms with E-state index in [1.54, 1.807) is 29.1 Å². The average Bonchev–Trinajstić information content (AvgIpc) is 3.35. The molecule has 0 amide bonds. The molecule has 3 heterocycles. The van der Waals surface area contributed by atoms with Gasteiger partial charge in [-0.2, -0.15) is 5.26 Å². The first-order chi connectivity index (χ1) is 17.5. The van der Waals surface area contributed by atoms with Gasteiger partial charge in [0.1, 0.15) is 17.7 Å². The standard InChI is InChI=1S/C28H21F2N5O/c29-19-6-3-17(4-7-19)25-13-23-26(10-5-18(14-31)27(23)33-25)34-11-1-2-21(15-34)35-16-32-24-9-8-20(30)12-22(24)28(35)36/h3-10,12-13,16,21,33H,1-2,11,15H2. The average molecular weight is 482 g/mol. The zero-order valence-electron chi connectivity index (χ0n) is 19.2. The minimum Gasteiger partial charge on any atom is -0.369 e. The van der Waals surface area contributed by atoms with E-state index in [4.69, 9.17) is 0 Å². The van der Waals surface area contributed by atoms with Crippen LogP contribution in [0, 0.1) is 23.0 Å². The molecular weight excluding hydrogens is 460 g/mol. The van der Waals surface area contributed by atoms with Gasteiger partial charge in [0.2, 0.25) is 0 Å². The van der Waals surface area contributed by atoms with Crippen LogP contribution in [0.3, 0.4) is 0 Å². The van der Waals surface area contributed by atoms with Crippen LogP contribution < -0.4 is 10.5 Å². The van der Waals surface area contributed by atoms with Gasteiger partial charge in [0.15, 0.2) is 0 Å². The molecule has 6 nitrogen and oxygen atoms in total. The van der Waals surface area contributed by atoms with Crippen molar-refractivity contribution < 1.29 is 8.78 Å². The van der Waals surface area contributed by atoms with Crippen molar-refractivity contribution >= 4 is 27.5 Å². The van der Waals surface area contributed by atoms with Crippen molar-refractivity contribution in [3.8, 4) is 17.3 Å². The van der Waals surface area contributed by atoms with Crippen molar-refractivity contribution in [3.63, 3.8) is 0 Å². The maximum absolute atomic E-state index is 13.8. The van der Waals surface area contributed by atoms with Gasteiger partial charge in [-0.3, -0.25) is 9.36 Å². The minimum absolute atomic E-state index is 0.132. The van der Waals surface area contributed by atoms with Crippen LogP contribution in [0.1, 0.15) is 24.4 Å². The van der Waals surface area contributed by atoms with E-state index in [0.29, 0.717) is 17.6 Å². The molecule has 1 unspecified atom stereocenters. The van der Waals surface area contributed by atoms with E-state index in [1.807, 2.05) is 12.1 Å². The first-order valence-corrected chi connectivity index (χ1v) is 11.7. The number of nitrogens with zero attached hydrogens (tertiary/aromatic N) is 4. The molecule has 0 bridgehead atoms. The van der Waals surface area contributed by atoms with Gasteiger partial charge in [0.05, 0.1) is 34.4 Å². The summed E-state index contributed by atoms with van der Waals surface area (Å²) >= 11 is 0. The molecule has 178 valence electrons. The molecule has 1 aliphatic rings. The molecule has 0 aliphatic carbocycles. The Morgan fingerprint density at radius 3 is 2.61 bits per heavy atom. The summed E-state index contributed by atoms with van der Waals surface area (Å²) in [6.45, 7) is 1.36. The lowest BCUT2D eigenvalue weighted by molar-refractivity contribution is 0.395. The highest BCUT2D eigenvalue weighted by molar-refractivity contribution is 5.99. The number of piperidine rings is 1. The highest BCUT2D eigenvalue weighted by atomic mass is 19.1. The molecule has 1 saturated heterocycles. The second-order valence-corrected chi connectivity index (χ2v) is 9.08. The zero-order valence-corrected chi connectivity index (χ0v) is 19.2. The van der Waals surface area contributed by atoms with Gasteiger partial charge in [-0.05, 0) is 79.1 Å². The van der Waals surface area contributed by atoms with Crippen LogP contribution >= 0.6 is 0 Å². The Morgan fingerprint density at radius 1 is 1.00 bits per heavy atom. The maximum atomic E-state index is 13.8. The number of aromatic nitrogens is 3. The van der Waals surface area contributed by atoms with E-state index in [2.05, 4.69) is 20.9 Å². The second-order valence-electron chi connectivity index (χ2n) is 9.08. The number of benzene rings is 3. The molecule has 1 fully saturated rings. The van der Waals surface area contributed by atoms with Gasteiger partial charge in [-0.15, -0.1) is 0 Å². The van der Waals surface area contributed by atoms with Gasteiger partial charge in [0.25, 0.3) is 5.56 Å². The topological polar surface area (TPSA) is 77.7 Å². The third kappa shape index (κ3) is 3.69. The Labute approximate surface area is 205 Å². The largest absolute Gasteiger partial charge is 0.369 e. The molecule has 5 aromatic rings. The summed E-state index contributed by atoms with van der Waals surface area (Å²) in [5.74, 6) is -0.775. The number of anilines is 1. The summed E-state index contributed by atoms with van der Waals surface area (Å²) in [6, 6.07) is 18.1. The predicted octanol–water partition coefficient (Wildman–Crippen LogP) is 5.54. The zero-order chi connectivity index (χ0) is 24.8. The third-order valence-electron chi connectivity index (χ3n) is 6.92. The monoisotopic (exact) mass is 481 g/mol. The van der Waals surface area contributed by atoms with Crippen LogP contribution in [0.15, 0.2) is 71.8 Å². The van der Waals surface area contributed by atoms with E-state index < -0.39 is 5.82 Å².